The Hall–Kier alpha value is -1.24. The number of halogens is 1. The largest absolute Gasteiger partial charge is 0.383 e. The van der Waals surface area contributed by atoms with E-state index in [0.29, 0.717) is 11.6 Å². The van der Waals surface area contributed by atoms with Gasteiger partial charge in [-0.2, -0.15) is 0 Å². The molecule has 16 heavy (non-hydrogen) atoms. The Morgan fingerprint density at radius 1 is 1.12 bits per heavy atom. The number of nitrogens with two attached hydrogens (primary N) is 1. The van der Waals surface area contributed by atoms with Crippen molar-refractivity contribution in [3.63, 3.8) is 0 Å². The minimum absolute atomic E-state index is 0.512. The standard InChI is InChI=1S/C11H11IN4/c1-6-3-8(4-7(2)15-6)11-14-5-9(12)10(13)16-11/h3-5H,1-2H3,(H2,13,14,16). The van der Waals surface area contributed by atoms with Gasteiger partial charge in [-0.15, -0.1) is 0 Å². The van der Waals surface area contributed by atoms with Gasteiger partial charge in [0.2, 0.25) is 0 Å². The van der Waals surface area contributed by atoms with Crippen LogP contribution in [0.2, 0.25) is 0 Å². The summed E-state index contributed by atoms with van der Waals surface area (Å²) in [5.74, 6) is 1.16. The van der Waals surface area contributed by atoms with Gasteiger partial charge in [0.05, 0.1) is 3.57 Å². The number of hydrogen-bond acceptors (Lipinski definition) is 4. The summed E-state index contributed by atoms with van der Waals surface area (Å²) in [6.45, 7) is 3.90. The first kappa shape index (κ1) is 11.3. The summed E-state index contributed by atoms with van der Waals surface area (Å²) in [6.07, 6.45) is 1.73. The fourth-order valence-electron chi connectivity index (χ4n) is 1.48. The molecule has 4 nitrogen and oxygen atoms in total. The number of rotatable bonds is 1. The molecule has 82 valence electrons. The van der Waals surface area contributed by atoms with Gasteiger partial charge in [0, 0.05) is 23.1 Å². The van der Waals surface area contributed by atoms with E-state index in [9.17, 15) is 0 Å². The van der Waals surface area contributed by atoms with Crippen LogP contribution in [0.3, 0.4) is 0 Å². The lowest BCUT2D eigenvalue weighted by Gasteiger charge is -2.04. The fourth-order valence-corrected chi connectivity index (χ4v) is 1.74. The topological polar surface area (TPSA) is 64.7 Å². The van der Waals surface area contributed by atoms with Crippen LogP contribution in [0.5, 0.6) is 0 Å². The average molecular weight is 326 g/mol. The highest BCUT2D eigenvalue weighted by atomic mass is 127. The molecular weight excluding hydrogens is 315 g/mol. The van der Waals surface area contributed by atoms with Gasteiger partial charge in [-0.25, -0.2) is 9.97 Å². The lowest BCUT2D eigenvalue weighted by Crippen LogP contribution is -1.99. The zero-order chi connectivity index (χ0) is 11.7. The van der Waals surface area contributed by atoms with Crippen molar-refractivity contribution in [3.8, 4) is 11.4 Å². The highest BCUT2D eigenvalue weighted by Gasteiger charge is 2.05. The van der Waals surface area contributed by atoms with E-state index in [1.54, 1.807) is 6.20 Å². The molecule has 0 saturated carbocycles. The van der Waals surface area contributed by atoms with Gasteiger partial charge in [-0.3, -0.25) is 4.98 Å². The number of aryl methyl sites for hydroxylation is 2. The number of nitrogens with zero attached hydrogens (tertiary/aromatic N) is 3. The molecule has 0 saturated heterocycles. The molecule has 0 radical (unpaired) electrons. The molecule has 0 spiro atoms. The maximum Gasteiger partial charge on any atom is 0.161 e. The third-order valence-corrected chi connectivity index (χ3v) is 2.94. The van der Waals surface area contributed by atoms with E-state index < -0.39 is 0 Å². The van der Waals surface area contributed by atoms with Crippen molar-refractivity contribution < 1.29 is 0 Å². The van der Waals surface area contributed by atoms with Gasteiger partial charge in [0.25, 0.3) is 0 Å². The summed E-state index contributed by atoms with van der Waals surface area (Å²) < 4.78 is 0.865. The summed E-state index contributed by atoms with van der Waals surface area (Å²) >= 11 is 2.11. The average Bonchev–Trinajstić information content (AvgIpc) is 2.20. The van der Waals surface area contributed by atoms with Crippen molar-refractivity contribution in [2.24, 2.45) is 0 Å². The van der Waals surface area contributed by atoms with Crippen molar-refractivity contribution in [3.05, 3.63) is 33.3 Å². The molecule has 0 unspecified atom stereocenters. The second-order valence-corrected chi connectivity index (χ2v) is 4.73. The Kier molecular flexibility index (Phi) is 3.04. The molecule has 2 rings (SSSR count). The number of hydrogen-bond donors (Lipinski definition) is 1. The summed E-state index contributed by atoms with van der Waals surface area (Å²) in [6, 6.07) is 3.91. The van der Waals surface area contributed by atoms with Crippen molar-refractivity contribution >= 4 is 28.4 Å². The van der Waals surface area contributed by atoms with Crippen molar-refractivity contribution in [2.45, 2.75) is 13.8 Å². The first-order valence-corrected chi connectivity index (χ1v) is 5.88. The fraction of sp³-hybridized carbons (Fsp3) is 0.182. The first-order valence-electron chi connectivity index (χ1n) is 4.80. The van der Waals surface area contributed by atoms with E-state index in [2.05, 4.69) is 37.5 Å². The molecule has 0 atom stereocenters. The number of pyridine rings is 1. The highest BCUT2D eigenvalue weighted by molar-refractivity contribution is 14.1. The molecule has 2 aromatic rings. The molecule has 0 fully saturated rings. The quantitative estimate of drug-likeness (QED) is 0.817. The minimum Gasteiger partial charge on any atom is -0.383 e. The van der Waals surface area contributed by atoms with Crippen LogP contribution >= 0.6 is 22.6 Å². The number of anilines is 1. The summed E-state index contributed by atoms with van der Waals surface area (Å²) in [5, 5.41) is 0. The Labute approximate surface area is 107 Å². The van der Waals surface area contributed by atoms with Crippen LogP contribution in [0.25, 0.3) is 11.4 Å². The van der Waals surface area contributed by atoms with Gasteiger partial charge in [0.1, 0.15) is 5.82 Å². The van der Waals surface area contributed by atoms with Crippen molar-refractivity contribution in [2.75, 3.05) is 5.73 Å². The van der Waals surface area contributed by atoms with Crippen molar-refractivity contribution in [1.29, 1.82) is 0 Å². The van der Waals surface area contributed by atoms with Crippen LogP contribution in [-0.4, -0.2) is 15.0 Å². The predicted octanol–water partition coefficient (Wildman–Crippen LogP) is 2.34. The van der Waals surface area contributed by atoms with Gasteiger partial charge in [-0.1, -0.05) is 0 Å². The molecule has 0 aromatic carbocycles. The number of aromatic nitrogens is 3. The number of nitrogen functional groups attached to an aromatic ring is 1. The van der Waals surface area contributed by atoms with Crippen LogP contribution in [0.1, 0.15) is 11.4 Å². The Bertz CT molecular complexity index is 519. The summed E-state index contributed by atoms with van der Waals surface area (Å²) in [5.41, 5.74) is 8.62. The second kappa shape index (κ2) is 4.32. The molecule has 2 N–H and O–H groups in total. The Morgan fingerprint density at radius 2 is 1.75 bits per heavy atom. The smallest absolute Gasteiger partial charge is 0.161 e. The first-order chi connectivity index (χ1) is 7.56. The second-order valence-electron chi connectivity index (χ2n) is 3.57. The highest BCUT2D eigenvalue weighted by Crippen LogP contribution is 2.19. The van der Waals surface area contributed by atoms with Crippen molar-refractivity contribution in [1.82, 2.24) is 15.0 Å². The van der Waals surface area contributed by atoms with E-state index in [1.165, 1.54) is 0 Å². The van der Waals surface area contributed by atoms with E-state index >= 15 is 0 Å². The predicted molar refractivity (Wildman–Crippen MR) is 71.9 cm³/mol. The monoisotopic (exact) mass is 326 g/mol. The molecular formula is C11H11IN4. The molecule has 2 heterocycles. The van der Waals surface area contributed by atoms with Gasteiger partial charge >= 0.3 is 0 Å². The summed E-state index contributed by atoms with van der Waals surface area (Å²) in [4.78, 5) is 12.8. The van der Waals surface area contributed by atoms with Crippen LogP contribution in [-0.2, 0) is 0 Å². The lowest BCUT2D eigenvalue weighted by atomic mass is 10.2. The van der Waals surface area contributed by atoms with Crippen LogP contribution in [0.15, 0.2) is 18.3 Å². The molecule has 0 aliphatic rings. The van der Waals surface area contributed by atoms with Crippen LogP contribution < -0.4 is 5.73 Å². The van der Waals surface area contributed by atoms with Crippen LogP contribution in [0.4, 0.5) is 5.82 Å². The maximum absolute atomic E-state index is 5.76. The van der Waals surface area contributed by atoms with Gasteiger partial charge in [0.15, 0.2) is 5.82 Å². The Morgan fingerprint density at radius 3 is 2.31 bits per heavy atom. The third-order valence-electron chi connectivity index (χ3n) is 2.11. The molecule has 5 heteroatoms. The SMILES string of the molecule is Cc1cc(-c2ncc(I)c(N)n2)cc(C)n1. The molecule has 2 aromatic heterocycles. The van der Waals surface area contributed by atoms with E-state index in [-0.39, 0.29) is 0 Å². The van der Waals surface area contributed by atoms with Gasteiger partial charge < -0.3 is 5.73 Å². The molecule has 0 aliphatic carbocycles. The normalized spacial score (nSPS) is 10.4. The molecule has 0 aliphatic heterocycles. The molecule has 0 amide bonds. The van der Waals surface area contributed by atoms with Crippen LogP contribution in [0, 0.1) is 17.4 Å². The summed E-state index contributed by atoms with van der Waals surface area (Å²) in [7, 11) is 0. The molecule has 0 bridgehead atoms. The van der Waals surface area contributed by atoms with Gasteiger partial charge in [-0.05, 0) is 48.6 Å². The van der Waals surface area contributed by atoms with E-state index in [4.69, 9.17) is 5.73 Å². The minimum atomic E-state index is 0.512. The van der Waals surface area contributed by atoms with E-state index in [1.807, 2.05) is 26.0 Å². The Balaban J connectivity index is 2.54. The van der Waals surface area contributed by atoms with E-state index in [0.717, 1.165) is 20.5 Å². The third kappa shape index (κ3) is 2.29. The maximum atomic E-state index is 5.76. The lowest BCUT2D eigenvalue weighted by molar-refractivity contribution is 1.10. The zero-order valence-corrected chi connectivity index (χ0v) is 11.2. The zero-order valence-electron chi connectivity index (χ0n) is 9.03.